The topological polar surface area (TPSA) is 72.2 Å². The summed E-state index contributed by atoms with van der Waals surface area (Å²) in [6, 6.07) is 14.2. The van der Waals surface area contributed by atoms with E-state index in [1.165, 1.54) is 0 Å². The molecule has 0 heterocycles. The summed E-state index contributed by atoms with van der Waals surface area (Å²) in [6.07, 6.45) is 1.76. The Hall–Kier alpha value is -1.85. The lowest BCUT2D eigenvalue weighted by atomic mass is 10.1. The molecular weight excluding hydrogens is 284 g/mol. The van der Waals surface area contributed by atoms with Crippen LogP contribution in [0.25, 0.3) is 0 Å². The Bertz CT molecular complexity index is 694. The summed E-state index contributed by atoms with van der Waals surface area (Å²) in [7, 11) is -3.54. The van der Waals surface area contributed by atoms with E-state index in [1.807, 2.05) is 31.2 Å². The van der Waals surface area contributed by atoms with Crippen LogP contribution in [0, 0.1) is 6.92 Å². The highest BCUT2D eigenvalue weighted by atomic mass is 32.2. The third-order valence-electron chi connectivity index (χ3n) is 3.17. The summed E-state index contributed by atoms with van der Waals surface area (Å²) < 4.78 is 27.2. The summed E-state index contributed by atoms with van der Waals surface area (Å²) in [5.41, 5.74) is 8.14. The van der Waals surface area contributed by atoms with Gasteiger partial charge in [0.05, 0.1) is 4.90 Å². The molecule has 0 atom stereocenters. The molecular formula is C16H20N2O2S. The molecule has 0 saturated carbocycles. The monoisotopic (exact) mass is 304 g/mol. The largest absolute Gasteiger partial charge is 0.330 e. The van der Waals surface area contributed by atoms with Crippen LogP contribution < -0.4 is 10.5 Å². The van der Waals surface area contributed by atoms with E-state index < -0.39 is 10.0 Å². The van der Waals surface area contributed by atoms with Gasteiger partial charge in [0.2, 0.25) is 0 Å². The number of aryl methyl sites for hydroxylation is 2. The van der Waals surface area contributed by atoms with Crippen molar-refractivity contribution in [3.05, 3.63) is 59.7 Å². The van der Waals surface area contributed by atoms with Gasteiger partial charge in [-0.1, -0.05) is 24.3 Å². The van der Waals surface area contributed by atoms with E-state index in [9.17, 15) is 8.42 Å². The van der Waals surface area contributed by atoms with Crippen LogP contribution in [0.1, 0.15) is 17.5 Å². The zero-order valence-electron chi connectivity index (χ0n) is 12.0. The quantitative estimate of drug-likeness (QED) is 0.862. The van der Waals surface area contributed by atoms with Crippen LogP contribution in [0.5, 0.6) is 0 Å². The van der Waals surface area contributed by atoms with Crippen molar-refractivity contribution in [3.8, 4) is 0 Å². The predicted molar refractivity (Wildman–Crippen MR) is 85.8 cm³/mol. The zero-order valence-corrected chi connectivity index (χ0v) is 12.9. The average Bonchev–Trinajstić information content (AvgIpc) is 2.45. The molecule has 0 aromatic heterocycles. The van der Waals surface area contributed by atoms with Crippen molar-refractivity contribution in [2.45, 2.75) is 24.7 Å². The van der Waals surface area contributed by atoms with Crippen molar-refractivity contribution in [1.82, 2.24) is 0 Å². The van der Waals surface area contributed by atoms with Gasteiger partial charge >= 0.3 is 0 Å². The molecule has 0 aliphatic heterocycles. The molecule has 4 nitrogen and oxygen atoms in total. The predicted octanol–water partition coefficient (Wildman–Crippen LogP) is 2.69. The maximum Gasteiger partial charge on any atom is 0.261 e. The lowest BCUT2D eigenvalue weighted by Gasteiger charge is -2.09. The van der Waals surface area contributed by atoms with Crippen LogP contribution in [0.3, 0.4) is 0 Å². The minimum absolute atomic E-state index is 0.264. The molecule has 0 spiro atoms. The summed E-state index contributed by atoms with van der Waals surface area (Å²) in [5, 5.41) is 0. The molecule has 0 fully saturated rings. The van der Waals surface area contributed by atoms with Crippen LogP contribution in [0.4, 0.5) is 5.69 Å². The van der Waals surface area contributed by atoms with E-state index in [1.54, 1.807) is 24.3 Å². The third-order valence-corrected chi connectivity index (χ3v) is 4.57. The van der Waals surface area contributed by atoms with Gasteiger partial charge in [-0.2, -0.15) is 0 Å². The molecule has 0 radical (unpaired) electrons. The molecule has 0 unspecified atom stereocenters. The Labute approximate surface area is 126 Å². The van der Waals surface area contributed by atoms with Gasteiger partial charge in [-0.3, -0.25) is 4.72 Å². The standard InChI is InChI=1S/C16H20N2O2S/c1-13-4-2-6-15(12-13)18-21(19,20)16-9-7-14(8-10-16)5-3-11-17/h2,4,6-10,12,18H,3,5,11,17H2,1H3. The van der Waals surface area contributed by atoms with Crippen LogP contribution in [0.2, 0.25) is 0 Å². The van der Waals surface area contributed by atoms with E-state index >= 15 is 0 Å². The number of nitrogens with two attached hydrogens (primary N) is 1. The Balaban J connectivity index is 2.15. The van der Waals surface area contributed by atoms with Gasteiger partial charge < -0.3 is 5.73 Å². The Morgan fingerprint density at radius 1 is 1.10 bits per heavy atom. The summed E-state index contributed by atoms with van der Waals surface area (Å²) >= 11 is 0. The van der Waals surface area contributed by atoms with Gasteiger partial charge in [0.15, 0.2) is 0 Å². The Morgan fingerprint density at radius 2 is 1.81 bits per heavy atom. The van der Waals surface area contributed by atoms with Crippen LogP contribution in [-0.2, 0) is 16.4 Å². The first-order valence-electron chi connectivity index (χ1n) is 6.90. The number of hydrogen-bond acceptors (Lipinski definition) is 3. The van der Waals surface area contributed by atoms with E-state index in [-0.39, 0.29) is 4.90 Å². The first-order valence-corrected chi connectivity index (χ1v) is 8.38. The SMILES string of the molecule is Cc1cccc(NS(=O)(=O)c2ccc(CCCN)cc2)c1. The van der Waals surface area contributed by atoms with Crippen molar-refractivity contribution in [2.75, 3.05) is 11.3 Å². The van der Waals surface area contributed by atoms with Crippen molar-refractivity contribution >= 4 is 15.7 Å². The molecule has 0 bridgehead atoms. The molecule has 3 N–H and O–H groups in total. The Kier molecular flexibility index (Phi) is 4.98. The normalized spacial score (nSPS) is 11.3. The van der Waals surface area contributed by atoms with Gasteiger partial charge in [-0.05, 0) is 61.7 Å². The maximum atomic E-state index is 12.3. The lowest BCUT2D eigenvalue weighted by molar-refractivity contribution is 0.601. The third kappa shape index (κ3) is 4.31. The molecule has 0 amide bonds. The van der Waals surface area contributed by atoms with Crippen LogP contribution in [0.15, 0.2) is 53.4 Å². The molecule has 2 aromatic rings. The summed E-state index contributed by atoms with van der Waals surface area (Å²) in [5.74, 6) is 0. The number of anilines is 1. The average molecular weight is 304 g/mol. The van der Waals surface area contributed by atoms with Gasteiger partial charge in [-0.25, -0.2) is 8.42 Å². The van der Waals surface area contributed by atoms with Crippen molar-refractivity contribution in [1.29, 1.82) is 0 Å². The lowest BCUT2D eigenvalue weighted by Crippen LogP contribution is -2.13. The van der Waals surface area contributed by atoms with Crippen LogP contribution in [-0.4, -0.2) is 15.0 Å². The fourth-order valence-corrected chi connectivity index (χ4v) is 3.11. The highest BCUT2D eigenvalue weighted by Crippen LogP contribution is 2.17. The van der Waals surface area contributed by atoms with Gasteiger partial charge in [0, 0.05) is 5.69 Å². The molecule has 0 saturated heterocycles. The van der Waals surface area contributed by atoms with Crippen molar-refractivity contribution < 1.29 is 8.42 Å². The number of hydrogen-bond donors (Lipinski definition) is 2. The van der Waals surface area contributed by atoms with Crippen LogP contribution >= 0.6 is 0 Å². The van der Waals surface area contributed by atoms with Gasteiger partial charge in [0.25, 0.3) is 10.0 Å². The first kappa shape index (κ1) is 15.5. The second-order valence-electron chi connectivity index (χ2n) is 5.01. The minimum atomic E-state index is -3.54. The van der Waals surface area contributed by atoms with Crippen molar-refractivity contribution in [2.24, 2.45) is 5.73 Å². The number of benzene rings is 2. The van der Waals surface area contributed by atoms with E-state index in [0.717, 1.165) is 24.0 Å². The Morgan fingerprint density at radius 3 is 2.43 bits per heavy atom. The molecule has 21 heavy (non-hydrogen) atoms. The number of nitrogens with one attached hydrogen (secondary N) is 1. The van der Waals surface area contributed by atoms with E-state index in [2.05, 4.69) is 4.72 Å². The molecule has 2 aromatic carbocycles. The smallest absolute Gasteiger partial charge is 0.261 e. The molecule has 112 valence electrons. The zero-order chi connectivity index (χ0) is 15.3. The number of rotatable bonds is 6. The first-order chi connectivity index (χ1) is 10.0. The molecule has 2 rings (SSSR count). The molecule has 5 heteroatoms. The van der Waals surface area contributed by atoms with Gasteiger partial charge in [0.1, 0.15) is 0 Å². The van der Waals surface area contributed by atoms with E-state index in [0.29, 0.717) is 12.2 Å². The second kappa shape index (κ2) is 6.74. The molecule has 0 aliphatic carbocycles. The highest BCUT2D eigenvalue weighted by molar-refractivity contribution is 7.92. The molecule has 0 aliphatic rings. The van der Waals surface area contributed by atoms with E-state index in [4.69, 9.17) is 5.73 Å². The fraction of sp³-hybridized carbons (Fsp3) is 0.250. The minimum Gasteiger partial charge on any atom is -0.330 e. The maximum absolute atomic E-state index is 12.3. The summed E-state index contributed by atoms with van der Waals surface area (Å²) in [6.45, 7) is 2.55. The fourth-order valence-electron chi connectivity index (χ4n) is 2.06. The number of sulfonamides is 1. The van der Waals surface area contributed by atoms with Gasteiger partial charge in [-0.15, -0.1) is 0 Å². The highest BCUT2D eigenvalue weighted by Gasteiger charge is 2.13. The second-order valence-corrected chi connectivity index (χ2v) is 6.69. The summed E-state index contributed by atoms with van der Waals surface area (Å²) in [4.78, 5) is 0.264. The van der Waals surface area contributed by atoms with Crippen molar-refractivity contribution in [3.63, 3.8) is 0 Å².